The highest BCUT2D eigenvalue weighted by Gasteiger charge is 2.38. The molecule has 2 aromatic rings. The molecule has 31 heavy (non-hydrogen) atoms. The molecule has 0 radical (unpaired) electrons. The van der Waals surface area contributed by atoms with Crippen molar-refractivity contribution >= 4 is 46.2 Å². The van der Waals surface area contributed by atoms with Gasteiger partial charge in [-0.2, -0.15) is 0 Å². The molecule has 1 saturated heterocycles. The summed E-state index contributed by atoms with van der Waals surface area (Å²) >= 11 is 7.65. The normalized spacial score (nSPS) is 20.0. The molecule has 2 heterocycles. The standard InChI is InChI=1S/C23H24ClN3O3S/c1-29-17-9-8-15(20(13-17)30-2)12-21-22(28)27(16-6-4-3-5-7-16)23(31-21)26-19-10-11-25-14-18(19)24/h8-14,16H,3-7H2,1-2H3/b21-12-,26-23?. The summed E-state index contributed by atoms with van der Waals surface area (Å²) in [4.78, 5) is 24.7. The monoisotopic (exact) mass is 457 g/mol. The van der Waals surface area contributed by atoms with Crippen molar-refractivity contribution in [1.29, 1.82) is 0 Å². The van der Waals surface area contributed by atoms with Gasteiger partial charge in [-0.3, -0.25) is 14.7 Å². The lowest BCUT2D eigenvalue weighted by atomic mass is 9.94. The van der Waals surface area contributed by atoms with Crippen LogP contribution < -0.4 is 9.47 Å². The highest BCUT2D eigenvalue weighted by Crippen LogP contribution is 2.40. The van der Waals surface area contributed by atoms with Crippen LogP contribution in [0.5, 0.6) is 11.5 Å². The first kappa shape index (κ1) is 21.7. The van der Waals surface area contributed by atoms with E-state index in [1.165, 1.54) is 18.2 Å². The summed E-state index contributed by atoms with van der Waals surface area (Å²) in [5.74, 6) is 1.31. The molecular weight excluding hydrogens is 434 g/mol. The van der Waals surface area contributed by atoms with Gasteiger partial charge in [-0.05, 0) is 48.9 Å². The number of carbonyl (C=O) groups is 1. The maximum absolute atomic E-state index is 13.5. The first-order valence-electron chi connectivity index (χ1n) is 10.2. The number of amides is 1. The van der Waals surface area contributed by atoms with Crippen LogP contribution in [-0.2, 0) is 4.79 Å². The SMILES string of the molecule is COc1ccc(/C=C2\SC(=Nc3ccncc3Cl)N(C3CCCCC3)C2=O)c(OC)c1. The lowest BCUT2D eigenvalue weighted by Crippen LogP contribution is -2.40. The molecule has 1 aliphatic heterocycles. The number of methoxy groups -OCH3 is 2. The minimum absolute atomic E-state index is 0.0290. The van der Waals surface area contributed by atoms with Gasteiger partial charge in [-0.15, -0.1) is 0 Å². The highest BCUT2D eigenvalue weighted by atomic mass is 35.5. The Balaban J connectivity index is 1.73. The highest BCUT2D eigenvalue weighted by molar-refractivity contribution is 8.18. The van der Waals surface area contributed by atoms with Gasteiger partial charge in [0.2, 0.25) is 0 Å². The Morgan fingerprint density at radius 1 is 1.19 bits per heavy atom. The van der Waals surface area contributed by atoms with E-state index in [9.17, 15) is 4.79 Å². The molecule has 0 atom stereocenters. The van der Waals surface area contributed by atoms with E-state index in [0.717, 1.165) is 31.2 Å². The number of hydrogen-bond acceptors (Lipinski definition) is 6. The molecule has 4 rings (SSSR count). The van der Waals surface area contributed by atoms with Crippen LogP contribution in [-0.4, -0.2) is 41.2 Å². The lowest BCUT2D eigenvalue weighted by Gasteiger charge is -2.30. The van der Waals surface area contributed by atoms with Gasteiger partial charge in [0.1, 0.15) is 11.5 Å². The number of nitrogens with zero attached hydrogens (tertiary/aromatic N) is 3. The Morgan fingerprint density at radius 2 is 2.00 bits per heavy atom. The predicted octanol–water partition coefficient (Wildman–Crippen LogP) is 5.69. The molecule has 0 bridgehead atoms. The van der Waals surface area contributed by atoms with Crippen molar-refractivity contribution in [3.63, 3.8) is 0 Å². The van der Waals surface area contributed by atoms with Gasteiger partial charge in [-0.25, -0.2) is 4.99 Å². The van der Waals surface area contributed by atoms with E-state index in [-0.39, 0.29) is 11.9 Å². The van der Waals surface area contributed by atoms with Crippen LogP contribution in [0.1, 0.15) is 37.7 Å². The van der Waals surface area contributed by atoms with Crippen LogP contribution in [0.25, 0.3) is 6.08 Å². The van der Waals surface area contributed by atoms with Crippen molar-refractivity contribution in [3.8, 4) is 11.5 Å². The van der Waals surface area contributed by atoms with Crippen LogP contribution >= 0.6 is 23.4 Å². The third-order valence-corrected chi connectivity index (χ3v) is 6.75. The van der Waals surface area contributed by atoms with Crippen LogP contribution in [0.2, 0.25) is 5.02 Å². The first-order valence-corrected chi connectivity index (χ1v) is 11.4. The average molecular weight is 458 g/mol. The van der Waals surface area contributed by atoms with E-state index >= 15 is 0 Å². The molecule has 1 saturated carbocycles. The van der Waals surface area contributed by atoms with Crippen molar-refractivity contribution in [2.24, 2.45) is 4.99 Å². The quantitative estimate of drug-likeness (QED) is 0.540. The zero-order valence-electron chi connectivity index (χ0n) is 17.5. The number of rotatable bonds is 5. The van der Waals surface area contributed by atoms with Gasteiger partial charge in [-0.1, -0.05) is 30.9 Å². The van der Waals surface area contributed by atoms with Crippen molar-refractivity contribution in [2.45, 2.75) is 38.1 Å². The molecule has 0 spiro atoms. The summed E-state index contributed by atoms with van der Waals surface area (Å²) in [6, 6.07) is 7.45. The van der Waals surface area contributed by atoms with Crippen LogP contribution in [0.15, 0.2) is 46.6 Å². The largest absolute Gasteiger partial charge is 0.497 e. The number of aromatic nitrogens is 1. The summed E-state index contributed by atoms with van der Waals surface area (Å²) in [5.41, 5.74) is 1.42. The summed E-state index contributed by atoms with van der Waals surface area (Å²) in [6.45, 7) is 0. The zero-order valence-corrected chi connectivity index (χ0v) is 19.1. The minimum atomic E-state index is -0.0290. The molecule has 1 aliphatic carbocycles. The van der Waals surface area contributed by atoms with Gasteiger partial charge in [0.25, 0.3) is 5.91 Å². The van der Waals surface area contributed by atoms with E-state index in [1.807, 2.05) is 23.1 Å². The number of amidine groups is 1. The van der Waals surface area contributed by atoms with Gasteiger partial charge in [0, 0.05) is 30.1 Å². The van der Waals surface area contributed by atoms with Crippen LogP contribution in [0.4, 0.5) is 5.69 Å². The molecule has 2 aliphatic rings. The van der Waals surface area contributed by atoms with Crippen molar-refractivity contribution in [2.75, 3.05) is 14.2 Å². The molecule has 0 unspecified atom stereocenters. The van der Waals surface area contributed by atoms with Gasteiger partial charge in [0.05, 0.1) is 29.8 Å². The Kier molecular flexibility index (Phi) is 6.83. The summed E-state index contributed by atoms with van der Waals surface area (Å²) in [5, 5.41) is 1.12. The number of ether oxygens (including phenoxy) is 2. The number of benzene rings is 1. The first-order chi connectivity index (χ1) is 15.1. The molecule has 1 aromatic heterocycles. The van der Waals surface area contributed by atoms with Gasteiger partial charge >= 0.3 is 0 Å². The van der Waals surface area contributed by atoms with Crippen molar-refractivity contribution in [3.05, 3.63) is 52.2 Å². The molecule has 8 heteroatoms. The number of pyridine rings is 1. The molecule has 162 valence electrons. The number of halogens is 1. The maximum atomic E-state index is 13.5. The average Bonchev–Trinajstić information content (AvgIpc) is 3.10. The minimum Gasteiger partial charge on any atom is -0.497 e. The Morgan fingerprint density at radius 3 is 2.71 bits per heavy atom. The molecular formula is C23H24ClN3O3S. The second-order valence-corrected chi connectivity index (χ2v) is 8.82. The fraction of sp³-hybridized carbons (Fsp3) is 0.348. The molecule has 1 amide bonds. The van der Waals surface area contributed by atoms with Crippen molar-refractivity contribution in [1.82, 2.24) is 9.88 Å². The zero-order chi connectivity index (χ0) is 21.8. The number of aliphatic imine (C=N–C) groups is 1. The van der Waals surface area contributed by atoms with Crippen LogP contribution in [0, 0.1) is 0 Å². The maximum Gasteiger partial charge on any atom is 0.267 e. The Bertz CT molecular complexity index is 1030. The smallest absolute Gasteiger partial charge is 0.267 e. The van der Waals surface area contributed by atoms with Gasteiger partial charge < -0.3 is 9.47 Å². The Labute approximate surface area is 191 Å². The van der Waals surface area contributed by atoms with E-state index in [4.69, 9.17) is 26.1 Å². The number of thioether (sulfide) groups is 1. The van der Waals surface area contributed by atoms with Crippen LogP contribution in [0.3, 0.4) is 0 Å². The van der Waals surface area contributed by atoms with Gasteiger partial charge in [0.15, 0.2) is 5.17 Å². The summed E-state index contributed by atoms with van der Waals surface area (Å²) in [6.07, 6.45) is 10.5. The van der Waals surface area contributed by atoms with E-state index in [0.29, 0.717) is 32.3 Å². The molecule has 0 N–H and O–H groups in total. The molecule has 1 aromatic carbocycles. The second-order valence-electron chi connectivity index (χ2n) is 7.41. The second kappa shape index (κ2) is 9.75. The third-order valence-electron chi connectivity index (χ3n) is 5.47. The van der Waals surface area contributed by atoms with Crippen molar-refractivity contribution < 1.29 is 14.3 Å². The van der Waals surface area contributed by atoms with E-state index < -0.39 is 0 Å². The molecule has 2 fully saturated rings. The number of carbonyl (C=O) groups excluding carboxylic acids is 1. The summed E-state index contributed by atoms with van der Waals surface area (Å²) < 4.78 is 10.8. The lowest BCUT2D eigenvalue weighted by molar-refractivity contribution is -0.124. The van der Waals surface area contributed by atoms with E-state index in [1.54, 1.807) is 38.7 Å². The third kappa shape index (κ3) is 4.72. The number of hydrogen-bond donors (Lipinski definition) is 0. The molecule has 6 nitrogen and oxygen atoms in total. The predicted molar refractivity (Wildman–Crippen MR) is 125 cm³/mol. The Hall–Kier alpha value is -2.51. The fourth-order valence-electron chi connectivity index (χ4n) is 3.87. The summed E-state index contributed by atoms with van der Waals surface area (Å²) in [7, 11) is 3.21. The topological polar surface area (TPSA) is 64.0 Å². The fourth-order valence-corrected chi connectivity index (χ4v) is 5.07. The van der Waals surface area contributed by atoms with E-state index in [2.05, 4.69) is 4.98 Å².